The molecule has 30 heavy (non-hydrogen) atoms. The van der Waals surface area contributed by atoms with Crippen molar-refractivity contribution in [3.05, 3.63) is 60.0 Å². The van der Waals surface area contributed by atoms with Crippen LogP contribution in [0.15, 0.2) is 48.8 Å². The smallest absolute Gasteiger partial charge is 0.340 e. The Kier molecular flexibility index (Phi) is 5.11. The molecule has 1 amide bonds. The molecule has 0 atom stereocenters. The Bertz CT molecular complexity index is 1090. The van der Waals surface area contributed by atoms with Gasteiger partial charge in [0.15, 0.2) is 11.5 Å². The summed E-state index contributed by atoms with van der Waals surface area (Å²) in [6.07, 6.45) is -0.698. The quantitative estimate of drug-likeness (QED) is 0.677. The number of rotatable bonds is 4. The molecule has 0 fully saturated rings. The van der Waals surface area contributed by atoms with Gasteiger partial charge >= 0.3 is 6.18 Å². The SMILES string of the molecule is CCN1C(=O)CCc2cc(Nc3cc(C(F)(F)F)nc(-c4cccnc4)n3)ccc21. The van der Waals surface area contributed by atoms with Crippen LogP contribution in [0.1, 0.15) is 24.6 Å². The Morgan fingerprint density at radius 2 is 1.97 bits per heavy atom. The van der Waals surface area contributed by atoms with Gasteiger partial charge in [-0.25, -0.2) is 9.97 Å². The first kappa shape index (κ1) is 19.8. The minimum Gasteiger partial charge on any atom is -0.340 e. The zero-order valence-electron chi connectivity index (χ0n) is 16.1. The Morgan fingerprint density at radius 3 is 2.67 bits per heavy atom. The number of anilines is 3. The summed E-state index contributed by atoms with van der Waals surface area (Å²) in [4.78, 5) is 25.6. The third-order valence-electron chi connectivity index (χ3n) is 4.80. The number of alkyl halides is 3. The van der Waals surface area contributed by atoms with Crippen LogP contribution >= 0.6 is 0 Å². The standard InChI is InChI=1S/C21H18F3N5O/c1-2-29-16-7-6-15(10-13(16)5-8-19(29)30)26-18-11-17(21(22,23)24)27-20(28-18)14-4-3-9-25-12-14/h3-4,6-7,9-12H,2,5,8H2,1H3,(H,26,27,28). The average Bonchev–Trinajstić information content (AvgIpc) is 2.73. The van der Waals surface area contributed by atoms with Crippen LogP contribution in [0.3, 0.4) is 0 Å². The van der Waals surface area contributed by atoms with Crippen LogP contribution in [0.25, 0.3) is 11.4 Å². The van der Waals surface area contributed by atoms with Gasteiger partial charge in [-0.1, -0.05) is 0 Å². The molecule has 3 aromatic rings. The highest BCUT2D eigenvalue weighted by atomic mass is 19.4. The maximum absolute atomic E-state index is 13.4. The topological polar surface area (TPSA) is 71.0 Å². The molecule has 4 rings (SSSR count). The molecule has 1 aliphatic heterocycles. The van der Waals surface area contributed by atoms with E-state index in [0.717, 1.165) is 17.3 Å². The predicted octanol–water partition coefficient (Wildman–Crippen LogP) is 4.60. The zero-order chi connectivity index (χ0) is 21.3. The zero-order valence-corrected chi connectivity index (χ0v) is 16.1. The van der Waals surface area contributed by atoms with Gasteiger partial charge in [-0.15, -0.1) is 0 Å². The Morgan fingerprint density at radius 1 is 1.13 bits per heavy atom. The second-order valence-corrected chi connectivity index (χ2v) is 6.81. The minimum absolute atomic E-state index is 0.0235. The number of carbonyl (C=O) groups is 1. The summed E-state index contributed by atoms with van der Waals surface area (Å²) >= 11 is 0. The molecule has 3 heterocycles. The highest BCUT2D eigenvalue weighted by molar-refractivity contribution is 5.96. The summed E-state index contributed by atoms with van der Waals surface area (Å²) in [6.45, 7) is 2.46. The van der Waals surface area contributed by atoms with Crippen molar-refractivity contribution >= 4 is 23.1 Å². The van der Waals surface area contributed by atoms with Gasteiger partial charge in [-0.05, 0) is 49.2 Å². The summed E-state index contributed by atoms with van der Waals surface area (Å²) in [5.74, 6) is 0.0222. The van der Waals surface area contributed by atoms with Crippen LogP contribution in [-0.2, 0) is 17.4 Å². The second kappa shape index (κ2) is 7.74. The number of aryl methyl sites for hydroxylation is 1. The molecule has 2 aromatic heterocycles. The lowest BCUT2D eigenvalue weighted by molar-refractivity contribution is -0.141. The van der Waals surface area contributed by atoms with Crippen LogP contribution in [0.5, 0.6) is 0 Å². The van der Waals surface area contributed by atoms with E-state index in [0.29, 0.717) is 30.6 Å². The fourth-order valence-corrected chi connectivity index (χ4v) is 3.41. The molecule has 0 radical (unpaired) electrons. The molecule has 154 valence electrons. The molecular weight excluding hydrogens is 395 g/mol. The summed E-state index contributed by atoms with van der Waals surface area (Å²) < 4.78 is 40.1. The summed E-state index contributed by atoms with van der Waals surface area (Å²) in [5, 5.41) is 2.95. The fourth-order valence-electron chi connectivity index (χ4n) is 3.41. The van der Waals surface area contributed by atoms with Crippen LogP contribution < -0.4 is 10.2 Å². The fraction of sp³-hybridized carbons (Fsp3) is 0.238. The number of carbonyl (C=O) groups excluding carboxylic acids is 1. The van der Waals surface area contributed by atoms with Gasteiger partial charge in [0, 0.05) is 48.4 Å². The maximum atomic E-state index is 13.4. The van der Waals surface area contributed by atoms with E-state index in [4.69, 9.17) is 0 Å². The number of pyridine rings is 1. The highest BCUT2D eigenvalue weighted by Crippen LogP contribution is 2.33. The van der Waals surface area contributed by atoms with Crippen LogP contribution in [0.4, 0.5) is 30.4 Å². The van der Waals surface area contributed by atoms with Crippen molar-refractivity contribution in [2.75, 3.05) is 16.8 Å². The Labute approximate surface area is 170 Å². The van der Waals surface area contributed by atoms with E-state index < -0.39 is 11.9 Å². The van der Waals surface area contributed by atoms with Crippen molar-refractivity contribution in [1.82, 2.24) is 15.0 Å². The summed E-state index contributed by atoms with van der Waals surface area (Å²) in [5.41, 5.74) is 1.71. The van der Waals surface area contributed by atoms with E-state index in [1.165, 1.54) is 12.4 Å². The van der Waals surface area contributed by atoms with Gasteiger partial charge in [0.1, 0.15) is 5.82 Å². The van der Waals surface area contributed by atoms with Crippen molar-refractivity contribution in [2.24, 2.45) is 0 Å². The largest absolute Gasteiger partial charge is 0.433 e. The molecular formula is C21H18F3N5O. The van der Waals surface area contributed by atoms with Gasteiger partial charge in [-0.2, -0.15) is 13.2 Å². The third-order valence-corrected chi connectivity index (χ3v) is 4.80. The Hall–Kier alpha value is -3.49. The number of halogens is 3. The molecule has 0 bridgehead atoms. The first-order chi connectivity index (χ1) is 14.3. The second-order valence-electron chi connectivity index (χ2n) is 6.81. The molecule has 0 spiro atoms. The molecule has 0 unspecified atom stereocenters. The van der Waals surface area contributed by atoms with E-state index >= 15 is 0 Å². The minimum atomic E-state index is -4.62. The first-order valence-electron chi connectivity index (χ1n) is 9.42. The predicted molar refractivity (Wildman–Crippen MR) is 106 cm³/mol. The molecule has 0 saturated carbocycles. The number of fused-ring (bicyclic) bond motifs is 1. The number of benzene rings is 1. The van der Waals surface area contributed by atoms with E-state index in [1.807, 2.05) is 13.0 Å². The van der Waals surface area contributed by atoms with Crippen molar-refractivity contribution in [1.29, 1.82) is 0 Å². The molecule has 6 nitrogen and oxygen atoms in total. The molecule has 1 N–H and O–H groups in total. The van der Waals surface area contributed by atoms with Crippen LogP contribution in [-0.4, -0.2) is 27.4 Å². The first-order valence-corrected chi connectivity index (χ1v) is 9.42. The molecule has 1 aliphatic rings. The third kappa shape index (κ3) is 3.96. The van der Waals surface area contributed by atoms with Gasteiger partial charge in [0.05, 0.1) is 0 Å². The van der Waals surface area contributed by atoms with Crippen molar-refractivity contribution in [3.63, 3.8) is 0 Å². The lowest BCUT2D eigenvalue weighted by Crippen LogP contribution is -2.34. The number of aromatic nitrogens is 3. The lowest BCUT2D eigenvalue weighted by atomic mass is 10.0. The monoisotopic (exact) mass is 413 g/mol. The van der Waals surface area contributed by atoms with Crippen LogP contribution in [0.2, 0.25) is 0 Å². The molecule has 0 aliphatic carbocycles. The van der Waals surface area contributed by atoms with Crippen LogP contribution in [0, 0.1) is 0 Å². The normalized spacial score (nSPS) is 13.9. The molecule has 0 saturated heterocycles. The number of amides is 1. The summed E-state index contributed by atoms with van der Waals surface area (Å²) in [6, 6.07) is 9.44. The number of hydrogen-bond donors (Lipinski definition) is 1. The van der Waals surface area contributed by atoms with Gasteiger partial charge in [-0.3, -0.25) is 9.78 Å². The molecule has 9 heteroatoms. The summed E-state index contributed by atoms with van der Waals surface area (Å²) in [7, 11) is 0. The average molecular weight is 413 g/mol. The van der Waals surface area contributed by atoms with Crippen molar-refractivity contribution in [3.8, 4) is 11.4 Å². The highest BCUT2D eigenvalue weighted by Gasteiger charge is 2.34. The maximum Gasteiger partial charge on any atom is 0.433 e. The molecule has 1 aromatic carbocycles. The van der Waals surface area contributed by atoms with Gasteiger partial charge in [0.25, 0.3) is 0 Å². The number of nitrogens with zero attached hydrogens (tertiary/aromatic N) is 4. The number of nitrogens with one attached hydrogen (secondary N) is 1. The van der Waals surface area contributed by atoms with E-state index in [-0.39, 0.29) is 17.5 Å². The van der Waals surface area contributed by atoms with Crippen molar-refractivity contribution < 1.29 is 18.0 Å². The lowest BCUT2D eigenvalue weighted by Gasteiger charge is -2.28. The van der Waals surface area contributed by atoms with Gasteiger partial charge in [0.2, 0.25) is 5.91 Å². The van der Waals surface area contributed by atoms with Crippen molar-refractivity contribution in [2.45, 2.75) is 25.9 Å². The van der Waals surface area contributed by atoms with E-state index in [2.05, 4.69) is 20.3 Å². The number of hydrogen-bond acceptors (Lipinski definition) is 5. The van der Waals surface area contributed by atoms with E-state index in [1.54, 1.807) is 29.2 Å². The van der Waals surface area contributed by atoms with E-state index in [9.17, 15) is 18.0 Å². The van der Waals surface area contributed by atoms with Gasteiger partial charge < -0.3 is 10.2 Å². The Balaban J connectivity index is 1.70.